The van der Waals surface area contributed by atoms with E-state index in [4.69, 9.17) is 18.9 Å². The topological polar surface area (TPSA) is 101 Å². The number of ether oxygens (including phenoxy) is 4. The van der Waals surface area contributed by atoms with Crippen LogP contribution in [0.2, 0.25) is 0 Å². The zero-order valence-corrected chi connectivity index (χ0v) is 37.7. The molecule has 5 aromatic carbocycles. The quantitative estimate of drug-likeness (QED) is 0.0365. The fourth-order valence-electron chi connectivity index (χ4n) is 6.89. The Bertz CT molecular complexity index is 2340. The van der Waals surface area contributed by atoms with Gasteiger partial charge in [-0.3, -0.25) is 0 Å². The molecule has 6 aromatic rings. The van der Waals surface area contributed by atoms with E-state index >= 15 is 0 Å². The van der Waals surface area contributed by atoms with Gasteiger partial charge in [0.1, 0.15) is 34.6 Å². The minimum atomic E-state index is -1.24. The average molecular weight is 863 g/mol. The largest absolute Gasteiger partial charge is 0.493 e. The smallest absolute Gasteiger partial charge is 0.346 e. The maximum Gasteiger partial charge on any atom is 0.346 e. The fourth-order valence-corrected chi connectivity index (χ4v) is 7.85. The molecule has 1 aromatic heterocycles. The number of carboxylic acids is 1. The number of thiophene rings is 1. The number of nitriles is 1. The molecule has 0 radical (unpaired) electrons. The van der Waals surface area contributed by atoms with E-state index in [2.05, 4.69) is 118 Å². The molecule has 0 amide bonds. The van der Waals surface area contributed by atoms with E-state index < -0.39 is 5.97 Å². The maximum atomic E-state index is 11.4. The SMILES string of the molecule is CCCCOc1ccc(-c2ccc(N(c3ccc(-c4ccc(C=C(C#N)C(=O)O)s4)cc3)c3ccc(-c4ccc(OCCCC)cc4OCCCC)cc3)cc2)c(OCCCC)c1. The molecule has 0 aliphatic carbocycles. The summed E-state index contributed by atoms with van der Waals surface area (Å²) in [7, 11) is 0. The lowest BCUT2D eigenvalue weighted by molar-refractivity contribution is -0.132. The molecular formula is C54H58N2O6S. The normalized spacial score (nSPS) is 11.2. The van der Waals surface area contributed by atoms with Crippen molar-refractivity contribution in [3.63, 3.8) is 0 Å². The predicted molar refractivity (Wildman–Crippen MR) is 258 cm³/mol. The van der Waals surface area contributed by atoms with E-state index in [0.717, 1.165) is 124 Å². The van der Waals surface area contributed by atoms with Crippen molar-refractivity contribution in [3.8, 4) is 61.8 Å². The molecule has 0 bridgehead atoms. The number of rotatable bonds is 24. The first-order valence-corrected chi connectivity index (χ1v) is 23.0. The second kappa shape index (κ2) is 23.6. The molecule has 1 heterocycles. The molecule has 0 fully saturated rings. The monoisotopic (exact) mass is 862 g/mol. The van der Waals surface area contributed by atoms with Gasteiger partial charge in [0.15, 0.2) is 0 Å². The molecule has 1 N–H and O–H groups in total. The molecule has 0 unspecified atom stereocenters. The first kappa shape index (κ1) is 46.0. The summed E-state index contributed by atoms with van der Waals surface area (Å²) in [6, 6.07) is 43.3. The third kappa shape index (κ3) is 12.6. The number of hydrogen-bond donors (Lipinski definition) is 1. The minimum absolute atomic E-state index is 0.297. The molecule has 63 heavy (non-hydrogen) atoms. The zero-order chi connectivity index (χ0) is 44.4. The van der Waals surface area contributed by atoms with Gasteiger partial charge in [-0.25, -0.2) is 4.79 Å². The van der Waals surface area contributed by atoms with Gasteiger partial charge < -0.3 is 29.0 Å². The third-order valence-electron chi connectivity index (χ3n) is 10.5. The lowest BCUT2D eigenvalue weighted by atomic mass is 10.0. The fraction of sp³-hybridized carbons (Fsp3) is 0.296. The molecule has 0 aliphatic heterocycles. The van der Waals surface area contributed by atoms with E-state index in [-0.39, 0.29) is 5.57 Å². The summed E-state index contributed by atoms with van der Waals surface area (Å²) in [5, 5.41) is 18.6. The van der Waals surface area contributed by atoms with Gasteiger partial charge in [0, 0.05) is 50.1 Å². The Morgan fingerprint density at radius 3 is 1.38 bits per heavy atom. The molecule has 0 saturated carbocycles. The number of nitrogens with zero attached hydrogens (tertiary/aromatic N) is 2. The Balaban J connectivity index is 1.36. The van der Waals surface area contributed by atoms with Gasteiger partial charge in [0.05, 0.1) is 26.4 Å². The predicted octanol–water partition coefficient (Wildman–Crippen LogP) is 14.9. The van der Waals surface area contributed by atoms with Crippen LogP contribution >= 0.6 is 11.3 Å². The summed E-state index contributed by atoms with van der Waals surface area (Å²) in [5.41, 5.74) is 7.70. The number of unbranched alkanes of at least 4 members (excludes halogenated alkanes) is 4. The molecule has 6 rings (SSSR count). The van der Waals surface area contributed by atoms with E-state index in [0.29, 0.717) is 31.3 Å². The molecule has 0 spiro atoms. The van der Waals surface area contributed by atoms with Crippen LogP contribution in [-0.4, -0.2) is 37.5 Å². The summed E-state index contributed by atoms with van der Waals surface area (Å²) in [4.78, 5) is 15.3. The van der Waals surface area contributed by atoms with Crippen molar-refractivity contribution in [2.75, 3.05) is 31.3 Å². The van der Waals surface area contributed by atoms with Crippen molar-refractivity contribution in [2.45, 2.75) is 79.1 Å². The Morgan fingerprint density at radius 1 is 0.571 bits per heavy atom. The van der Waals surface area contributed by atoms with E-state index in [1.807, 2.05) is 36.4 Å². The lowest BCUT2D eigenvalue weighted by Crippen LogP contribution is -2.10. The van der Waals surface area contributed by atoms with E-state index in [9.17, 15) is 15.2 Å². The van der Waals surface area contributed by atoms with Crippen LogP contribution in [0.15, 0.2) is 127 Å². The Labute approximate surface area is 377 Å². The number of benzene rings is 5. The van der Waals surface area contributed by atoms with E-state index in [1.165, 1.54) is 17.4 Å². The van der Waals surface area contributed by atoms with Crippen molar-refractivity contribution in [1.82, 2.24) is 0 Å². The van der Waals surface area contributed by atoms with Crippen LogP contribution in [0.5, 0.6) is 23.0 Å². The molecule has 0 aliphatic rings. The van der Waals surface area contributed by atoms with Gasteiger partial charge in [-0.05, 0) is 121 Å². The molecule has 0 saturated heterocycles. The highest BCUT2D eigenvalue weighted by Gasteiger charge is 2.17. The second-order valence-corrected chi connectivity index (χ2v) is 16.4. The van der Waals surface area contributed by atoms with Crippen molar-refractivity contribution in [3.05, 3.63) is 132 Å². The summed E-state index contributed by atoms with van der Waals surface area (Å²) in [6.45, 7) is 11.3. The highest BCUT2D eigenvalue weighted by Crippen LogP contribution is 2.41. The van der Waals surface area contributed by atoms with Gasteiger partial charge in [-0.15, -0.1) is 11.3 Å². The van der Waals surface area contributed by atoms with Gasteiger partial charge in [0.25, 0.3) is 0 Å². The Hall–Kier alpha value is -6.50. The molecular weight excluding hydrogens is 805 g/mol. The van der Waals surface area contributed by atoms with Gasteiger partial charge in [-0.2, -0.15) is 5.26 Å². The van der Waals surface area contributed by atoms with E-state index in [1.54, 1.807) is 6.07 Å². The first-order chi connectivity index (χ1) is 30.8. The summed E-state index contributed by atoms with van der Waals surface area (Å²) < 4.78 is 24.8. The summed E-state index contributed by atoms with van der Waals surface area (Å²) in [6.07, 6.45) is 9.58. The molecule has 9 heteroatoms. The number of carboxylic acid groups (broad SMARTS) is 1. The van der Waals surface area contributed by atoms with Crippen LogP contribution < -0.4 is 23.8 Å². The van der Waals surface area contributed by atoms with Crippen LogP contribution in [0.3, 0.4) is 0 Å². The summed E-state index contributed by atoms with van der Waals surface area (Å²) in [5.74, 6) is 2.00. The zero-order valence-electron chi connectivity index (χ0n) is 36.9. The van der Waals surface area contributed by atoms with Gasteiger partial charge in [0.2, 0.25) is 0 Å². The second-order valence-electron chi connectivity index (χ2n) is 15.3. The van der Waals surface area contributed by atoms with Crippen molar-refractivity contribution < 1.29 is 28.8 Å². The summed E-state index contributed by atoms with van der Waals surface area (Å²) >= 11 is 1.44. The average Bonchev–Trinajstić information content (AvgIpc) is 3.78. The van der Waals surface area contributed by atoms with Crippen molar-refractivity contribution in [1.29, 1.82) is 5.26 Å². The number of hydrogen-bond acceptors (Lipinski definition) is 8. The van der Waals surface area contributed by atoms with Crippen molar-refractivity contribution >= 4 is 40.4 Å². The van der Waals surface area contributed by atoms with Crippen molar-refractivity contribution in [2.24, 2.45) is 0 Å². The lowest BCUT2D eigenvalue weighted by Gasteiger charge is -2.26. The maximum absolute atomic E-state index is 11.4. The van der Waals surface area contributed by atoms with Crippen LogP contribution in [0, 0.1) is 11.3 Å². The molecule has 0 atom stereocenters. The highest BCUT2D eigenvalue weighted by molar-refractivity contribution is 7.16. The first-order valence-electron chi connectivity index (χ1n) is 22.2. The van der Waals surface area contributed by atoms with Crippen LogP contribution in [0.25, 0.3) is 38.8 Å². The standard InChI is InChI=1S/C54H58N2O6S/c1-5-9-31-59-46-25-28-49(51(36-46)61-33-11-7-3)39-13-19-43(20-14-39)56(45-23-17-41(18-24-45)53-30-27-48(63-53)35-42(38-55)54(57)58)44-21-15-40(16-22-44)50-29-26-47(60-32-10-6-2)37-52(50)62-34-12-8-4/h13-30,35-37H,5-12,31-34H2,1-4H3,(H,57,58). The molecule has 326 valence electrons. The highest BCUT2D eigenvalue weighted by atomic mass is 32.1. The number of aliphatic carboxylic acids is 1. The Kier molecular flexibility index (Phi) is 17.3. The van der Waals surface area contributed by atoms with Crippen LogP contribution in [0.4, 0.5) is 17.1 Å². The number of anilines is 3. The third-order valence-corrected chi connectivity index (χ3v) is 11.6. The number of carbonyl (C=O) groups is 1. The van der Waals surface area contributed by atoms with Crippen LogP contribution in [0.1, 0.15) is 83.9 Å². The van der Waals surface area contributed by atoms with Crippen LogP contribution in [-0.2, 0) is 4.79 Å². The molecule has 8 nitrogen and oxygen atoms in total. The minimum Gasteiger partial charge on any atom is -0.493 e. The van der Waals surface area contributed by atoms with Gasteiger partial charge in [-0.1, -0.05) is 89.8 Å². The van der Waals surface area contributed by atoms with Gasteiger partial charge >= 0.3 is 5.97 Å². The Morgan fingerprint density at radius 2 is 0.984 bits per heavy atom.